The lowest BCUT2D eigenvalue weighted by atomic mass is 9.95. The van der Waals surface area contributed by atoms with E-state index < -0.39 is 18.0 Å². The van der Waals surface area contributed by atoms with Crippen LogP contribution >= 0.6 is 0 Å². The van der Waals surface area contributed by atoms with Crippen molar-refractivity contribution in [2.24, 2.45) is 5.92 Å². The van der Waals surface area contributed by atoms with Gasteiger partial charge in [0.05, 0.1) is 0 Å². The second kappa shape index (κ2) is 6.33. The fourth-order valence-electron chi connectivity index (χ4n) is 2.39. The van der Waals surface area contributed by atoms with Gasteiger partial charge in [0.2, 0.25) is 5.91 Å². The zero-order chi connectivity index (χ0) is 16.3. The minimum atomic E-state index is -4.86. The molecular formula is C14H16F3N3O2. The first-order valence-corrected chi connectivity index (χ1v) is 6.87. The van der Waals surface area contributed by atoms with Gasteiger partial charge in [-0.25, -0.2) is 0 Å². The van der Waals surface area contributed by atoms with E-state index in [1.54, 1.807) is 25.3 Å². The lowest BCUT2D eigenvalue weighted by molar-refractivity contribution is -0.186. The van der Waals surface area contributed by atoms with E-state index in [1.807, 2.05) is 0 Å². The van der Waals surface area contributed by atoms with Gasteiger partial charge in [0, 0.05) is 36.6 Å². The number of aryl methyl sites for hydroxylation is 1. The number of piperidine rings is 1. The molecule has 5 nitrogen and oxygen atoms in total. The predicted molar refractivity (Wildman–Crippen MR) is 73.0 cm³/mol. The molecule has 0 unspecified atom stereocenters. The second-order valence-electron chi connectivity index (χ2n) is 5.24. The molecule has 120 valence electrons. The molecule has 1 aromatic rings. The second-order valence-corrected chi connectivity index (χ2v) is 5.24. The van der Waals surface area contributed by atoms with Crippen LogP contribution in [0.15, 0.2) is 18.3 Å². The van der Waals surface area contributed by atoms with Crippen LogP contribution in [-0.4, -0.2) is 41.0 Å². The fourth-order valence-corrected chi connectivity index (χ4v) is 2.39. The highest BCUT2D eigenvalue weighted by molar-refractivity contribution is 5.92. The zero-order valence-corrected chi connectivity index (χ0v) is 12.0. The summed E-state index contributed by atoms with van der Waals surface area (Å²) < 4.78 is 37.0. The number of nitrogens with one attached hydrogen (secondary N) is 1. The topological polar surface area (TPSA) is 62.3 Å². The minimum absolute atomic E-state index is 0.0637. The van der Waals surface area contributed by atoms with Crippen molar-refractivity contribution in [2.75, 3.05) is 18.4 Å². The van der Waals surface area contributed by atoms with Crippen molar-refractivity contribution in [3.63, 3.8) is 0 Å². The molecule has 0 atom stereocenters. The Morgan fingerprint density at radius 2 is 1.95 bits per heavy atom. The molecule has 1 saturated heterocycles. The Morgan fingerprint density at radius 3 is 2.50 bits per heavy atom. The lowest BCUT2D eigenvalue weighted by Crippen LogP contribution is -2.46. The molecule has 0 spiro atoms. The Morgan fingerprint density at radius 1 is 1.32 bits per heavy atom. The van der Waals surface area contributed by atoms with Crippen LogP contribution in [0.25, 0.3) is 0 Å². The Labute approximate surface area is 125 Å². The SMILES string of the molecule is Cc1cc(NC(=O)C2CCN(C(=O)C(F)(F)F)CC2)ccn1. The van der Waals surface area contributed by atoms with Crippen LogP contribution in [0, 0.1) is 12.8 Å². The van der Waals surface area contributed by atoms with E-state index >= 15 is 0 Å². The number of halogens is 3. The Bertz CT molecular complexity index is 567. The number of alkyl halides is 3. The molecule has 2 rings (SSSR count). The molecule has 22 heavy (non-hydrogen) atoms. The molecule has 2 amide bonds. The van der Waals surface area contributed by atoms with E-state index in [4.69, 9.17) is 0 Å². The largest absolute Gasteiger partial charge is 0.471 e. The first kappa shape index (κ1) is 16.3. The molecule has 1 N–H and O–H groups in total. The van der Waals surface area contributed by atoms with Crippen LogP contribution in [0.3, 0.4) is 0 Å². The van der Waals surface area contributed by atoms with Crippen LogP contribution in [0.1, 0.15) is 18.5 Å². The number of hydrogen-bond donors (Lipinski definition) is 1. The number of rotatable bonds is 2. The van der Waals surface area contributed by atoms with Gasteiger partial charge in [-0.05, 0) is 31.9 Å². The van der Waals surface area contributed by atoms with Gasteiger partial charge in [-0.15, -0.1) is 0 Å². The summed E-state index contributed by atoms with van der Waals surface area (Å²) in [6.07, 6.45) is -2.85. The highest BCUT2D eigenvalue weighted by Gasteiger charge is 2.43. The van der Waals surface area contributed by atoms with Gasteiger partial charge in [-0.2, -0.15) is 13.2 Å². The normalized spacial score (nSPS) is 16.5. The van der Waals surface area contributed by atoms with Crippen LogP contribution in [0.4, 0.5) is 18.9 Å². The van der Waals surface area contributed by atoms with E-state index in [-0.39, 0.29) is 31.8 Å². The van der Waals surface area contributed by atoms with Crippen LogP contribution in [-0.2, 0) is 9.59 Å². The number of nitrogens with zero attached hydrogens (tertiary/aromatic N) is 2. The average Bonchev–Trinajstić information content (AvgIpc) is 2.45. The quantitative estimate of drug-likeness (QED) is 0.909. The van der Waals surface area contributed by atoms with Gasteiger partial charge in [0.1, 0.15) is 0 Å². The van der Waals surface area contributed by atoms with Gasteiger partial charge in [0.15, 0.2) is 0 Å². The highest BCUT2D eigenvalue weighted by atomic mass is 19.4. The van der Waals surface area contributed by atoms with E-state index in [1.165, 1.54) is 0 Å². The molecule has 0 aliphatic carbocycles. The number of aromatic nitrogens is 1. The maximum atomic E-state index is 12.3. The standard InChI is InChI=1S/C14H16F3N3O2/c1-9-8-11(2-5-18-9)19-12(21)10-3-6-20(7-4-10)13(22)14(15,16)17/h2,5,8,10H,3-4,6-7H2,1H3,(H,18,19,21). The molecule has 8 heteroatoms. The summed E-state index contributed by atoms with van der Waals surface area (Å²) in [5.74, 6) is -2.48. The number of amides is 2. The third-order valence-electron chi connectivity index (χ3n) is 3.56. The Kier molecular flexibility index (Phi) is 4.68. The maximum absolute atomic E-state index is 12.3. The molecule has 2 heterocycles. The lowest BCUT2D eigenvalue weighted by Gasteiger charge is -2.31. The third-order valence-corrected chi connectivity index (χ3v) is 3.56. The fraction of sp³-hybridized carbons (Fsp3) is 0.500. The van der Waals surface area contributed by atoms with E-state index in [9.17, 15) is 22.8 Å². The number of hydrogen-bond acceptors (Lipinski definition) is 3. The van der Waals surface area contributed by atoms with Crippen molar-refractivity contribution in [1.82, 2.24) is 9.88 Å². The molecule has 0 radical (unpaired) electrons. The Hall–Kier alpha value is -2.12. The molecule has 1 aliphatic heterocycles. The number of carbonyl (C=O) groups is 2. The molecule has 1 fully saturated rings. The number of anilines is 1. The van der Waals surface area contributed by atoms with E-state index in [2.05, 4.69) is 10.3 Å². The van der Waals surface area contributed by atoms with Crippen LogP contribution < -0.4 is 5.32 Å². The average molecular weight is 315 g/mol. The van der Waals surface area contributed by atoms with Gasteiger partial charge in [-0.3, -0.25) is 14.6 Å². The van der Waals surface area contributed by atoms with E-state index in [0.717, 1.165) is 10.6 Å². The smallest absolute Gasteiger partial charge is 0.335 e. The first-order valence-electron chi connectivity index (χ1n) is 6.87. The summed E-state index contributed by atoms with van der Waals surface area (Å²) in [6.45, 7) is 1.66. The molecule has 0 bridgehead atoms. The van der Waals surface area contributed by atoms with Crippen molar-refractivity contribution >= 4 is 17.5 Å². The number of carbonyl (C=O) groups excluding carboxylic acids is 2. The van der Waals surface area contributed by atoms with Gasteiger partial charge < -0.3 is 10.2 Å². The monoisotopic (exact) mass is 315 g/mol. The van der Waals surface area contributed by atoms with Gasteiger partial charge in [-0.1, -0.05) is 0 Å². The van der Waals surface area contributed by atoms with Crippen LogP contribution in [0.2, 0.25) is 0 Å². The third kappa shape index (κ3) is 3.96. The Balaban J connectivity index is 1.89. The zero-order valence-electron chi connectivity index (χ0n) is 12.0. The van der Waals surface area contributed by atoms with Crippen molar-refractivity contribution in [3.05, 3.63) is 24.0 Å². The molecular weight excluding hydrogens is 299 g/mol. The molecule has 1 aliphatic rings. The number of likely N-dealkylation sites (tertiary alicyclic amines) is 1. The molecule has 1 aromatic heterocycles. The summed E-state index contributed by atoms with van der Waals surface area (Å²) in [6, 6.07) is 3.35. The van der Waals surface area contributed by atoms with Crippen molar-refractivity contribution in [3.8, 4) is 0 Å². The minimum Gasteiger partial charge on any atom is -0.335 e. The summed E-state index contributed by atoms with van der Waals surface area (Å²) in [7, 11) is 0. The first-order chi connectivity index (χ1) is 10.3. The summed E-state index contributed by atoms with van der Waals surface area (Å²) >= 11 is 0. The van der Waals surface area contributed by atoms with Crippen molar-refractivity contribution < 1.29 is 22.8 Å². The summed E-state index contributed by atoms with van der Waals surface area (Å²) in [4.78, 5) is 28.0. The van der Waals surface area contributed by atoms with Crippen LogP contribution in [0.5, 0.6) is 0 Å². The van der Waals surface area contributed by atoms with E-state index in [0.29, 0.717) is 5.69 Å². The van der Waals surface area contributed by atoms with Gasteiger partial charge >= 0.3 is 12.1 Å². The van der Waals surface area contributed by atoms with Crippen molar-refractivity contribution in [2.45, 2.75) is 25.9 Å². The summed E-state index contributed by atoms with van der Waals surface area (Å²) in [5.41, 5.74) is 1.36. The maximum Gasteiger partial charge on any atom is 0.471 e. The summed E-state index contributed by atoms with van der Waals surface area (Å²) in [5, 5.41) is 2.72. The highest BCUT2D eigenvalue weighted by Crippen LogP contribution is 2.24. The molecule has 0 aromatic carbocycles. The predicted octanol–water partition coefficient (Wildman–Crippen LogP) is 2.13. The van der Waals surface area contributed by atoms with Crippen molar-refractivity contribution in [1.29, 1.82) is 0 Å². The number of pyridine rings is 1. The van der Waals surface area contributed by atoms with Gasteiger partial charge in [0.25, 0.3) is 0 Å². The molecule has 0 saturated carbocycles.